The lowest BCUT2D eigenvalue weighted by Gasteiger charge is -2.26. The molecular formula is C9H12Cl2O5. The molecule has 0 aliphatic heterocycles. The van der Waals surface area contributed by atoms with Crippen molar-refractivity contribution in [2.24, 2.45) is 0 Å². The van der Waals surface area contributed by atoms with Crippen LogP contribution in [0, 0.1) is 0 Å². The summed E-state index contributed by atoms with van der Waals surface area (Å²) in [5, 5.41) is 17.6. The normalized spacial score (nSPS) is 22.4. The van der Waals surface area contributed by atoms with Crippen molar-refractivity contribution in [3.8, 4) is 0 Å². The summed E-state index contributed by atoms with van der Waals surface area (Å²) in [4.78, 5) is 21.5. The van der Waals surface area contributed by atoms with Crippen LogP contribution in [0.4, 0.5) is 0 Å². The second-order valence-corrected chi connectivity index (χ2v) is 2.93. The molecule has 0 saturated carbocycles. The molecule has 1 rings (SSSR count). The molecule has 16 heavy (non-hydrogen) atoms. The third-order valence-electron chi connectivity index (χ3n) is 2.12. The zero-order valence-electron chi connectivity index (χ0n) is 8.37. The lowest BCUT2D eigenvalue weighted by molar-refractivity contribution is -0.156. The molecule has 0 aromatic carbocycles. The summed E-state index contributed by atoms with van der Waals surface area (Å²) in [6.45, 7) is 0. The Labute approximate surface area is 105 Å². The molecule has 0 heterocycles. The first kappa shape index (κ1) is 17.4. The topological polar surface area (TPSA) is 83.8 Å². The minimum atomic E-state index is -1.54. The Kier molecular flexibility index (Phi) is 7.08. The monoisotopic (exact) mass is 270 g/mol. The molecule has 0 fully saturated rings. The maximum atomic E-state index is 10.9. The standard InChI is InChI=1S/C9H10O5.2ClH/c1-14-9(8(12)13)4-2-3-6(5-9)7(10)11;;/h2-4H,5H2,1H3,(H,10,11)(H,12,13);2*1H. The number of allylic oxidation sites excluding steroid dienone is 2. The maximum Gasteiger partial charge on any atom is 0.340 e. The average molecular weight is 271 g/mol. The average Bonchev–Trinajstić information content (AvgIpc) is 2.17. The second-order valence-electron chi connectivity index (χ2n) is 2.93. The lowest BCUT2D eigenvalue weighted by Crippen LogP contribution is -2.40. The molecule has 1 unspecified atom stereocenters. The van der Waals surface area contributed by atoms with Crippen LogP contribution in [0.3, 0.4) is 0 Å². The van der Waals surface area contributed by atoms with Crippen LogP contribution in [-0.4, -0.2) is 34.9 Å². The van der Waals surface area contributed by atoms with Crippen LogP contribution in [-0.2, 0) is 14.3 Å². The molecule has 0 spiro atoms. The van der Waals surface area contributed by atoms with Crippen molar-refractivity contribution in [3.63, 3.8) is 0 Å². The number of carbonyl (C=O) groups is 2. The van der Waals surface area contributed by atoms with Crippen molar-refractivity contribution in [2.75, 3.05) is 7.11 Å². The number of rotatable bonds is 3. The van der Waals surface area contributed by atoms with E-state index in [1.165, 1.54) is 25.3 Å². The van der Waals surface area contributed by atoms with Crippen LogP contribution < -0.4 is 0 Å². The van der Waals surface area contributed by atoms with E-state index in [1.807, 2.05) is 0 Å². The highest BCUT2D eigenvalue weighted by atomic mass is 35.5. The molecular weight excluding hydrogens is 259 g/mol. The zero-order chi connectivity index (χ0) is 10.8. The maximum absolute atomic E-state index is 10.9. The number of carboxylic acid groups (broad SMARTS) is 2. The van der Waals surface area contributed by atoms with Crippen molar-refractivity contribution in [2.45, 2.75) is 12.0 Å². The van der Waals surface area contributed by atoms with Gasteiger partial charge in [0.25, 0.3) is 0 Å². The summed E-state index contributed by atoms with van der Waals surface area (Å²) in [5.74, 6) is -2.32. The first-order valence-electron chi connectivity index (χ1n) is 3.92. The molecule has 2 N–H and O–H groups in total. The predicted molar refractivity (Wildman–Crippen MR) is 61.3 cm³/mol. The second kappa shape index (κ2) is 6.52. The fourth-order valence-electron chi connectivity index (χ4n) is 1.24. The van der Waals surface area contributed by atoms with Crippen LogP contribution in [0.25, 0.3) is 0 Å². The van der Waals surface area contributed by atoms with E-state index in [0.29, 0.717) is 0 Å². The summed E-state index contributed by atoms with van der Waals surface area (Å²) in [5.41, 5.74) is -1.51. The van der Waals surface area contributed by atoms with Crippen molar-refractivity contribution < 1.29 is 24.5 Å². The Morgan fingerprint density at radius 3 is 2.31 bits per heavy atom. The number of ether oxygens (including phenoxy) is 1. The van der Waals surface area contributed by atoms with Gasteiger partial charge in [0.15, 0.2) is 5.60 Å². The summed E-state index contributed by atoms with van der Waals surface area (Å²) in [6, 6.07) is 0. The molecule has 5 nitrogen and oxygen atoms in total. The van der Waals surface area contributed by atoms with Crippen LogP contribution in [0.1, 0.15) is 6.42 Å². The molecule has 0 radical (unpaired) electrons. The molecule has 0 aromatic rings. The Hall–Kier alpha value is -1.04. The first-order chi connectivity index (χ1) is 6.52. The molecule has 7 heteroatoms. The van der Waals surface area contributed by atoms with Gasteiger partial charge in [0, 0.05) is 19.1 Å². The Balaban J connectivity index is 0. The number of halogens is 2. The van der Waals surface area contributed by atoms with Gasteiger partial charge in [-0.25, -0.2) is 9.59 Å². The van der Waals surface area contributed by atoms with Crippen LogP contribution in [0.2, 0.25) is 0 Å². The van der Waals surface area contributed by atoms with E-state index in [-0.39, 0.29) is 36.8 Å². The van der Waals surface area contributed by atoms with Gasteiger partial charge >= 0.3 is 11.9 Å². The summed E-state index contributed by atoms with van der Waals surface area (Å²) in [7, 11) is 1.24. The smallest absolute Gasteiger partial charge is 0.340 e. The molecule has 0 amide bonds. The fourth-order valence-corrected chi connectivity index (χ4v) is 1.24. The van der Waals surface area contributed by atoms with Crippen LogP contribution >= 0.6 is 24.8 Å². The zero-order valence-corrected chi connectivity index (χ0v) is 10.0. The van der Waals surface area contributed by atoms with E-state index in [4.69, 9.17) is 14.9 Å². The minimum absolute atomic E-state index is 0. The fraction of sp³-hybridized carbons (Fsp3) is 0.333. The number of hydrogen-bond acceptors (Lipinski definition) is 3. The van der Waals surface area contributed by atoms with Crippen LogP contribution in [0.15, 0.2) is 23.8 Å². The van der Waals surface area contributed by atoms with Crippen molar-refractivity contribution >= 4 is 36.8 Å². The van der Waals surface area contributed by atoms with Gasteiger partial charge in [0.05, 0.1) is 0 Å². The van der Waals surface area contributed by atoms with Gasteiger partial charge in [-0.15, -0.1) is 24.8 Å². The molecule has 92 valence electrons. The van der Waals surface area contributed by atoms with E-state index < -0.39 is 17.5 Å². The Morgan fingerprint density at radius 1 is 1.38 bits per heavy atom. The largest absolute Gasteiger partial charge is 0.479 e. The number of methoxy groups -OCH3 is 1. The van der Waals surface area contributed by atoms with Crippen molar-refractivity contribution in [1.29, 1.82) is 0 Å². The summed E-state index contributed by atoms with van der Waals surface area (Å²) in [6.07, 6.45) is 3.92. The van der Waals surface area contributed by atoms with Gasteiger partial charge in [0.2, 0.25) is 0 Å². The predicted octanol–water partition coefficient (Wildman–Crippen LogP) is 1.27. The highest BCUT2D eigenvalue weighted by molar-refractivity contribution is 5.91. The van der Waals surface area contributed by atoms with E-state index in [2.05, 4.69) is 0 Å². The summed E-state index contributed by atoms with van der Waals surface area (Å²) < 4.78 is 4.83. The van der Waals surface area contributed by atoms with Gasteiger partial charge in [-0.05, 0) is 6.08 Å². The van der Waals surface area contributed by atoms with Gasteiger partial charge in [-0.2, -0.15) is 0 Å². The van der Waals surface area contributed by atoms with Gasteiger partial charge < -0.3 is 14.9 Å². The minimum Gasteiger partial charge on any atom is -0.479 e. The van der Waals surface area contributed by atoms with E-state index in [0.717, 1.165) is 0 Å². The van der Waals surface area contributed by atoms with Gasteiger partial charge in [-0.1, -0.05) is 12.2 Å². The number of aliphatic carboxylic acids is 2. The highest BCUT2D eigenvalue weighted by Gasteiger charge is 2.39. The molecule has 0 aromatic heterocycles. The van der Waals surface area contributed by atoms with E-state index in [9.17, 15) is 9.59 Å². The molecule has 0 bridgehead atoms. The lowest BCUT2D eigenvalue weighted by atomic mass is 9.89. The summed E-state index contributed by atoms with van der Waals surface area (Å²) >= 11 is 0. The van der Waals surface area contributed by atoms with Gasteiger partial charge in [0.1, 0.15) is 0 Å². The SMILES string of the molecule is COC1(C(=O)O)C=CC=C(C(=O)O)C1.Cl.Cl. The number of carboxylic acids is 2. The highest BCUT2D eigenvalue weighted by Crippen LogP contribution is 2.26. The first-order valence-corrected chi connectivity index (χ1v) is 3.92. The third-order valence-corrected chi connectivity index (χ3v) is 2.12. The van der Waals surface area contributed by atoms with E-state index in [1.54, 1.807) is 0 Å². The third kappa shape index (κ3) is 3.23. The molecule has 1 aliphatic carbocycles. The molecule has 0 saturated heterocycles. The number of hydrogen-bond donors (Lipinski definition) is 2. The van der Waals surface area contributed by atoms with Gasteiger partial charge in [-0.3, -0.25) is 0 Å². The van der Waals surface area contributed by atoms with Crippen LogP contribution in [0.5, 0.6) is 0 Å². The quantitative estimate of drug-likeness (QED) is 0.807. The Bertz CT molecular complexity index is 337. The van der Waals surface area contributed by atoms with Crippen molar-refractivity contribution in [3.05, 3.63) is 23.8 Å². The molecule has 1 atom stereocenters. The van der Waals surface area contributed by atoms with Crippen molar-refractivity contribution in [1.82, 2.24) is 0 Å². The molecule has 1 aliphatic rings. The van der Waals surface area contributed by atoms with E-state index >= 15 is 0 Å². The Morgan fingerprint density at radius 2 is 1.94 bits per heavy atom.